The van der Waals surface area contributed by atoms with Crippen molar-refractivity contribution in [1.82, 2.24) is 20.4 Å². The van der Waals surface area contributed by atoms with Crippen molar-refractivity contribution in [3.8, 4) is 11.5 Å². The van der Waals surface area contributed by atoms with Crippen molar-refractivity contribution in [1.29, 1.82) is 0 Å². The van der Waals surface area contributed by atoms with Gasteiger partial charge in [0.1, 0.15) is 5.82 Å². The number of nitrogens with zero attached hydrogens (tertiary/aromatic N) is 3. The number of hydrogen-bond donors (Lipinski definition) is 1. The van der Waals surface area contributed by atoms with Gasteiger partial charge >= 0.3 is 0 Å². The summed E-state index contributed by atoms with van der Waals surface area (Å²) < 4.78 is 18.1. The second-order valence-electron chi connectivity index (χ2n) is 4.00. The van der Waals surface area contributed by atoms with E-state index in [1.54, 1.807) is 0 Å². The van der Waals surface area contributed by atoms with Crippen LogP contribution in [0.2, 0.25) is 0 Å². The standard InChI is InChI=1S/C11H11FN4O/c12-8-4-7(5-13-6-8)11-15-10(16-17-11)9-2-1-3-14-9/h4-6,9,14H,1-3H2. The van der Waals surface area contributed by atoms with E-state index < -0.39 is 5.82 Å². The summed E-state index contributed by atoms with van der Waals surface area (Å²) >= 11 is 0. The Morgan fingerprint density at radius 1 is 1.41 bits per heavy atom. The van der Waals surface area contributed by atoms with E-state index >= 15 is 0 Å². The lowest BCUT2D eigenvalue weighted by molar-refractivity contribution is 0.412. The van der Waals surface area contributed by atoms with Crippen LogP contribution in [0.1, 0.15) is 24.7 Å². The number of rotatable bonds is 2. The third kappa shape index (κ3) is 2.03. The van der Waals surface area contributed by atoms with E-state index in [4.69, 9.17) is 4.52 Å². The normalized spacial score (nSPS) is 19.7. The number of halogens is 1. The molecule has 1 N–H and O–H groups in total. The first kappa shape index (κ1) is 10.3. The molecule has 1 fully saturated rings. The van der Waals surface area contributed by atoms with E-state index in [0.29, 0.717) is 17.3 Å². The van der Waals surface area contributed by atoms with Crippen LogP contribution in [0.5, 0.6) is 0 Å². The average Bonchev–Trinajstić information content (AvgIpc) is 3.00. The predicted molar refractivity (Wildman–Crippen MR) is 57.5 cm³/mol. The second kappa shape index (κ2) is 4.21. The Morgan fingerprint density at radius 3 is 3.12 bits per heavy atom. The van der Waals surface area contributed by atoms with Gasteiger partial charge in [-0.25, -0.2) is 4.39 Å². The van der Waals surface area contributed by atoms with Crippen LogP contribution in [0.4, 0.5) is 4.39 Å². The van der Waals surface area contributed by atoms with E-state index in [1.807, 2.05) is 0 Å². The maximum Gasteiger partial charge on any atom is 0.259 e. The molecule has 1 unspecified atom stereocenters. The minimum atomic E-state index is -0.416. The van der Waals surface area contributed by atoms with Gasteiger partial charge in [0.2, 0.25) is 0 Å². The SMILES string of the molecule is Fc1cncc(-c2nc(C3CCCN3)no2)c1. The molecular formula is C11H11FN4O. The van der Waals surface area contributed by atoms with Crippen LogP contribution < -0.4 is 5.32 Å². The first-order valence-corrected chi connectivity index (χ1v) is 5.51. The number of hydrogen-bond acceptors (Lipinski definition) is 5. The first-order chi connectivity index (χ1) is 8.33. The van der Waals surface area contributed by atoms with Crippen molar-refractivity contribution < 1.29 is 8.91 Å². The summed E-state index contributed by atoms with van der Waals surface area (Å²) in [5.41, 5.74) is 0.502. The number of pyridine rings is 1. The molecule has 6 heteroatoms. The van der Waals surface area contributed by atoms with Gasteiger partial charge in [0, 0.05) is 6.20 Å². The van der Waals surface area contributed by atoms with E-state index in [0.717, 1.165) is 25.6 Å². The quantitative estimate of drug-likeness (QED) is 0.856. The third-order valence-corrected chi connectivity index (χ3v) is 2.77. The van der Waals surface area contributed by atoms with Gasteiger partial charge in [-0.3, -0.25) is 4.98 Å². The molecule has 0 spiro atoms. The van der Waals surface area contributed by atoms with Crippen molar-refractivity contribution in [3.63, 3.8) is 0 Å². The highest BCUT2D eigenvalue weighted by Crippen LogP contribution is 2.23. The molecule has 0 saturated carbocycles. The van der Waals surface area contributed by atoms with Crippen molar-refractivity contribution in [2.75, 3.05) is 6.54 Å². The van der Waals surface area contributed by atoms with Crippen LogP contribution in [-0.4, -0.2) is 21.7 Å². The fourth-order valence-electron chi connectivity index (χ4n) is 1.93. The molecule has 2 aromatic rings. The van der Waals surface area contributed by atoms with Crippen LogP contribution in [0.3, 0.4) is 0 Å². The molecule has 0 aromatic carbocycles. The van der Waals surface area contributed by atoms with Gasteiger partial charge in [-0.15, -0.1) is 0 Å². The van der Waals surface area contributed by atoms with E-state index in [2.05, 4.69) is 20.4 Å². The molecule has 3 heterocycles. The topological polar surface area (TPSA) is 63.8 Å². The molecule has 0 bridgehead atoms. The van der Waals surface area contributed by atoms with Gasteiger partial charge < -0.3 is 9.84 Å². The van der Waals surface area contributed by atoms with Gasteiger partial charge in [0.25, 0.3) is 5.89 Å². The van der Waals surface area contributed by atoms with Crippen LogP contribution in [-0.2, 0) is 0 Å². The fourth-order valence-corrected chi connectivity index (χ4v) is 1.93. The van der Waals surface area contributed by atoms with E-state index in [1.165, 1.54) is 12.3 Å². The maximum absolute atomic E-state index is 13.0. The molecular weight excluding hydrogens is 223 g/mol. The molecule has 2 aromatic heterocycles. The fraction of sp³-hybridized carbons (Fsp3) is 0.364. The molecule has 0 amide bonds. The van der Waals surface area contributed by atoms with Crippen LogP contribution in [0, 0.1) is 5.82 Å². The molecule has 17 heavy (non-hydrogen) atoms. The molecule has 1 atom stereocenters. The zero-order valence-corrected chi connectivity index (χ0v) is 9.06. The zero-order chi connectivity index (χ0) is 11.7. The van der Waals surface area contributed by atoms with Crippen LogP contribution in [0.15, 0.2) is 23.0 Å². The average molecular weight is 234 g/mol. The third-order valence-electron chi connectivity index (χ3n) is 2.77. The predicted octanol–water partition coefficient (Wildman–Crippen LogP) is 1.70. The lowest BCUT2D eigenvalue weighted by atomic mass is 10.2. The summed E-state index contributed by atoms with van der Waals surface area (Å²) in [7, 11) is 0. The zero-order valence-electron chi connectivity index (χ0n) is 9.06. The molecule has 1 aliphatic heterocycles. The Balaban J connectivity index is 1.89. The highest BCUT2D eigenvalue weighted by Gasteiger charge is 2.22. The van der Waals surface area contributed by atoms with Crippen molar-refractivity contribution in [2.45, 2.75) is 18.9 Å². The highest BCUT2D eigenvalue weighted by atomic mass is 19.1. The first-order valence-electron chi connectivity index (χ1n) is 5.51. The molecule has 88 valence electrons. The molecule has 3 rings (SSSR count). The Bertz CT molecular complexity index is 522. The minimum absolute atomic E-state index is 0.147. The van der Waals surface area contributed by atoms with Crippen molar-refractivity contribution >= 4 is 0 Å². The lowest BCUT2D eigenvalue weighted by Gasteiger charge is -2.01. The monoisotopic (exact) mass is 234 g/mol. The van der Waals surface area contributed by atoms with Gasteiger partial charge in [0.15, 0.2) is 5.82 Å². The second-order valence-corrected chi connectivity index (χ2v) is 4.00. The number of nitrogens with one attached hydrogen (secondary N) is 1. The Morgan fingerprint density at radius 2 is 2.35 bits per heavy atom. The molecule has 1 saturated heterocycles. The summed E-state index contributed by atoms with van der Waals surface area (Å²) in [6.45, 7) is 0.968. The van der Waals surface area contributed by atoms with Crippen molar-refractivity contribution in [2.24, 2.45) is 0 Å². The van der Waals surface area contributed by atoms with Gasteiger partial charge in [-0.1, -0.05) is 5.16 Å². The minimum Gasteiger partial charge on any atom is -0.334 e. The van der Waals surface area contributed by atoms with Crippen LogP contribution >= 0.6 is 0 Å². The highest BCUT2D eigenvalue weighted by molar-refractivity contribution is 5.50. The molecule has 0 radical (unpaired) electrons. The lowest BCUT2D eigenvalue weighted by Crippen LogP contribution is -2.14. The molecule has 5 nitrogen and oxygen atoms in total. The molecule has 0 aliphatic carbocycles. The van der Waals surface area contributed by atoms with E-state index in [-0.39, 0.29) is 6.04 Å². The Hall–Kier alpha value is -1.82. The van der Waals surface area contributed by atoms with Gasteiger partial charge in [-0.2, -0.15) is 4.98 Å². The van der Waals surface area contributed by atoms with Crippen molar-refractivity contribution in [3.05, 3.63) is 30.1 Å². The summed E-state index contributed by atoms with van der Waals surface area (Å²) in [6, 6.07) is 1.47. The largest absolute Gasteiger partial charge is 0.334 e. The molecule has 1 aliphatic rings. The summed E-state index contributed by atoms with van der Waals surface area (Å²) in [6.07, 6.45) is 4.75. The van der Waals surface area contributed by atoms with Gasteiger partial charge in [0.05, 0.1) is 17.8 Å². The Labute approximate surface area is 97.1 Å². The summed E-state index contributed by atoms with van der Waals surface area (Å²) in [5, 5.41) is 7.18. The van der Waals surface area contributed by atoms with Gasteiger partial charge in [-0.05, 0) is 25.5 Å². The Kier molecular flexibility index (Phi) is 2.56. The maximum atomic E-state index is 13.0. The smallest absolute Gasteiger partial charge is 0.259 e. The number of aromatic nitrogens is 3. The van der Waals surface area contributed by atoms with E-state index in [9.17, 15) is 4.39 Å². The summed E-state index contributed by atoms with van der Waals surface area (Å²) in [4.78, 5) is 8.01. The van der Waals surface area contributed by atoms with Crippen LogP contribution in [0.25, 0.3) is 11.5 Å². The summed E-state index contributed by atoms with van der Waals surface area (Å²) in [5.74, 6) is 0.517.